The van der Waals surface area contributed by atoms with E-state index in [9.17, 15) is 14.7 Å². The molecule has 0 saturated carbocycles. The first-order chi connectivity index (χ1) is 15.5. The van der Waals surface area contributed by atoms with Crippen molar-refractivity contribution >= 4 is 28.9 Å². The third-order valence-corrected chi connectivity index (χ3v) is 6.47. The number of rotatable bonds is 7. The van der Waals surface area contributed by atoms with Crippen molar-refractivity contribution in [1.82, 2.24) is 14.8 Å². The number of carboxylic acid groups (broad SMARTS) is 1. The molecular formula is C24H26N4O3S. The highest BCUT2D eigenvalue weighted by molar-refractivity contribution is 7.13. The number of nitrogens with one attached hydrogen (secondary N) is 1. The van der Waals surface area contributed by atoms with Crippen molar-refractivity contribution in [2.24, 2.45) is 0 Å². The number of anilines is 1. The quantitative estimate of drug-likeness (QED) is 0.574. The summed E-state index contributed by atoms with van der Waals surface area (Å²) >= 11 is 1.50. The third-order valence-electron chi connectivity index (χ3n) is 5.53. The highest BCUT2D eigenvalue weighted by Crippen LogP contribution is 2.25. The van der Waals surface area contributed by atoms with Gasteiger partial charge in [-0.25, -0.2) is 9.78 Å². The molecule has 1 aliphatic heterocycles. The topological polar surface area (TPSA) is 85.8 Å². The van der Waals surface area contributed by atoms with Crippen LogP contribution < -0.4 is 5.32 Å². The molecule has 0 radical (unpaired) electrons. The molecule has 2 heterocycles. The molecule has 1 amide bonds. The zero-order valence-corrected chi connectivity index (χ0v) is 18.8. The highest BCUT2D eigenvalue weighted by Gasteiger charge is 2.15. The number of likely N-dealkylation sites (N-methyl/N-ethyl adjacent to an activating group) is 1. The maximum atomic E-state index is 12.4. The van der Waals surface area contributed by atoms with E-state index in [0.717, 1.165) is 43.3 Å². The van der Waals surface area contributed by atoms with E-state index in [2.05, 4.69) is 51.4 Å². The smallest absolute Gasteiger partial charge is 0.337 e. The summed E-state index contributed by atoms with van der Waals surface area (Å²) in [7, 11) is 2.16. The Balaban J connectivity index is 1.35. The molecule has 0 spiro atoms. The number of nitrogens with zero attached hydrogens (tertiary/aromatic N) is 3. The van der Waals surface area contributed by atoms with Crippen LogP contribution in [0.25, 0.3) is 10.6 Å². The highest BCUT2D eigenvalue weighted by atomic mass is 32.1. The van der Waals surface area contributed by atoms with Crippen molar-refractivity contribution in [1.29, 1.82) is 0 Å². The second-order valence-corrected chi connectivity index (χ2v) is 8.85. The van der Waals surface area contributed by atoms with E-state index >= 15 is 0 Å². The van der Waals surface area contributed by atoms with Gasteiger partial charge < -0.3 is 15.3 Å². The zero-order chi connectivity index (χ0) is 22.5. The number of thiazole rings is 1. The van der Waals surface area contributed by atoms with E-state index in [-0.39, 0.29) is 23.6 Å². The lowest BCUT2D eigenvalue weighted by Crippen LogP contribution is -2.43. The number of carboxylic acids is 1. The fourth-order valence-corrected chi connectivity index (χ4v) is 4.50. The van der Waals surface area contributed by atoms with Gasteiger partial charge in [-0.15, -0.1) is 11.3 Å². The molecule has 7 nitrogen and oxygen atoms in total. The fraction of sp³-hybridized carbons (Fsp3) is 0.292. The Bertz CT molecular complexity index is 1090. The maximum absolute atomic E-state index is 12.4. The van der Waals surface area contributed by atoms with E-state index in [1.165, 1.54) is 23.0 Å². The van der Waals surface area contributed by atoms with E-state index in [0.29, 0.717) is 5.69 Å². The number of aromatic nitrogens is 1. The summed E-state index contributed by atoms with van der Waals surface area (Å²) in [5.74, 6) is -1.37. The van der Waals surface area contributed by atoms with Crippen molar-refractivity contribution < 1.29 is 14.7 Å². The molecule has 2 N–H and O–H groups in total. The molecule has 32 heavy (non-hydrogen) atoms. The van der Waals surface area contributed by atoms with Crippen LogP contribution in [0.1, 0.15) is 21.6 Å². The van der Waals surface area contributed by atoms with E-state index in [4.69, 9.17) is 0 Å². The number of hydrogen-bond donors (Lipinski definition) is 2. The molecule has 0 bridgehead atoms. The number of benzene rings is 2. The van der Waals surface area contributed by atoms with Gasteiger partial charge in [-0.2, -0.15) is 0 Å². The predicted molar refractivity (Wildman–Crippen MR) is 126 cm³/mol. The van der Waals surface area contributed by atoms with Crippen LogP contribution in [0.4, 0.5) is 5.69 Å². The van der Waals surface area contributed by atoms with Crippen LogP contribution in [0.3, 0.4) is 0 Å². The van der Waals surface area contributed by atoms with Gasteiger partial charge in [0.05, 0.1) is 23.4 Å². The lowest BCUT2D eigenvalue weighted by molar-refractivity contribution is -0.115. The summed E-state index contributed by atoms with van der Waals surface area (Å²) in [5.41, 5.74) is 3.33. The van der Waals surface area contributed by atoms with Gasteiger partial charge in [-0.3, -0.25) is 9.69 Å². The number of hydrogen-bond acceptors (Lipinski definition) is 6. The van der Waals surface area contributed by atoms with Crippen LogP contribution in [0.15, 0.2) is 53.9 Å². The maximum Gasteiger partial charge on any atom is 0.337 e. The lowest BCUT2D eigenvalue weighted by atomic mass is 10.1. The van der Waals surface area contributed by atoms with Crippen LogP contribution in [0, 0.1) is 0 Å². The first-order valence-electron chi connectivity index (χ1n) is 10.5. The van der Waals surface area contributed by atoms with E-state index < -0.39 is 5.97 Å². The van der Waals surface area contributed by atoms with E-state index in [1.54, 1.807) is 18.2 Å². The molecule has 2 aromatic carbocycles. The largest absolute Gasteiger partial charge is 0.478 e. The molecule has 0 unspecified atom stereocenters. The third kappa shape index (κ3) is 5.59. The molecule has 1 fully saturated rings. The average molecular weight is 451 g/mol. The van der Waals surface area contributed by atoms with Crippen LogP contribution in [-0.2, 0) is 17.8 Å². The lowest BCUT2D eigenvalue weighted by Gasteiger charge is -2.32. The van der Waals surface area contributed by atoms with Crippen molar-refractivity contribution in [3.05, 3.63) is 70.7 Å². The monoisotopic (exact) mass is 450 g/mol. The SMILES string of the molecule is CN1CCN(Cc2ccc(-c3nc(CC(=O)Nc4ccccc4C(=O)O)cs3)cc2)CC1. The van der Waals surface area contributed by atoms with Gasteiger partial charge in [0.25, 0.3) is 0 Å². The van der Waals surface area contributed by atoms with Gasteiger partial charge in [0.15, 0.2) is 0 Å². The average Bonchev–Trinajstić information content (AvgIpc) is 3.24. The minimum atomic E-state index is -1.08. The molecule has 0 aliphatic carbocycles. The number of carbonyl (C=O) groups is 2. The summed E-state index contributed by atoms with van der Waals surface area (Å²) in [6.07, 6.45) is 0.0892. The Kier molecular flexibility index (Phi) is 6.94. The molecule has 1 saturated heterocycles. The van der Waals surface area contributed by atoms with Gasteiger partial charge in [-0.1, -0.05) is 36.4 Å². The molecule has 166 valence electrons. The molecule has 4 rings (SSSR count). The number of carbonyl (C=O) groups excluding carboxylic acids is 1. The molecule has 1 aliphatic rings. The second-order valence-electron chi connectivity index (χ2n) is 8.00. The predicted octanol–water partition coefficient (Wildman–Crippen LogP) is 3.44. The van der Waals surface area contributed by atoms with Gasteiger partial charge in [0.1, 0.15) is 5.01 Å². The standard InChI is InChI=1S/C24H26N4O3S/c1-27-10-12-28(13-11-27)15-17-6-8-18(9-7-17)23-25-19(16-32-23)14-22(29)26-21-5-3-2-4-20(21)24(30)31/h2-9,16H,10-15H2,1H3,(H,26,29)(H,30,31). The number of amides is 1. The molecular weight excluding hydrogens is 424 g/mol. The Morgan fingerprint density at radius 2 is 1.78 bits per heavy atom. The summed E-state index contributed by atoms with van der Waals surface area (Å²) in [5, 5.41) is 14.7. The van der Waals surface area contributed by atoms with Crippen LogP contribution in [-0.4, -0.2) is 65.0 Å². The Hall–Kier alpha value is -3.07. The summed E-state index contributed by atoms with van der Waals surface area (Å²) in [4.78, 5) is 33.1. The summed E-state index contributed by atoms with van der Waals surface area (Å²) in [6, 6.07) is 14.8. The second kappa shape index (κ2) is 10.0. The minimum Gasteiger partial charge on any atom is -0.478 e. The van der Waals surface area contributed by atoms with Crippen molar-refractivity contribution in [2.75, 3.05) is 38.5 Å². The van der Waals surface area contributed by atoms with Gasteiger partial charge in [-0.05, 0) is 24.7 Å². The summed E-state index contributed by atoms with van der Waals surface area (Å²) in [6.45, 7) is 5.35. The fourth-order valence-electron chi connectivity index (χ4n) is 3.68. The normalized spacial score (nSPS) is 14.9. The Morgan fingerprint density at radius 1 is 1.06 bits per heavy atom. The molecule has 3 aromatic rings. The molecule has 1 aromatic heterocycles. The molecule has 0 atom stereocenters. The zero-order valence-electron chi connectivity index (χ0n) is 18.0. The Labute approximate surface area is 191 Å². The van der Waals surface area contributed by atoms with Crippen LogP contribution >= 0.6 is 11.3 Å². The van der Waals surface area contributed by atoms with Gasteiger partial charge >= 0.3 is 5.97 Å². The molecule has 8 heteroatoms. The van der Waals surface area contributed by atoms with Crippen molar-refractivity contribution in [2.45, 2.75) is 13.0 Å². The van der Waals surface area contributed by atoms with Crippen molar-refractivity contribution in [3.8, 4) is 10.6 Å². The van der Waals surface area contributed by atoms with Crippen LogP contribution in [0.5, 0.6) is 0 Å². The summed E-state index contributed by atoms with van der Waals surface area (Å²) < 4.78 is 0. The Morgan fingerprint density at radius 3 is 2.50 bits per heavy atom. The number of aromatic carboxylic acids is 1. The van der Waals surface area contributed by atoms with Gasteiger partial charge in [0.2, 0.25) is 5.91 Å². The van der Waals surface area contributed by atoms with Gasteiger partial charge in [0, 0.05) is 43.7 Å². The van der Waals surface area contributed by atoms with Crippen molar-refractivity contribution in [3.63, 3.8) is 0 Å². The first kappa shape index (κ1) is 22.1. The van der Waals surface area contributed by atoms with Crippen LogP contribution in [0.2, 0.25) is 0 Å². The number of piperazine rings is 1. The number of para-hydroxylation sites is 1. The first-order valence-corrected chi connectivity index (χ1v) is 11.4. The minimum absolute atomic E-state index is 0.0662. The van der Waals surface area contributed by atoms with E-state index in [1.807, 2.05) is 5.38 Å².